The minimum Gasteiger partial charge on any atom is -0.310 e. The number of anilines is 2. The minimum atomic E-state index is -1.20. The van der Waals surface area contributed by atoms with Gasteiger partial charge in [-0.05, 0) is 50.9 Å². The van der Waals surface area contributed by atoms with E-state index < -0.39 is 28.2 Å². The first-order valence-electron chi connectivity index (χ1n) is 11.6. The van der Waals surface area contributed by atoms with E-state index in [9.17, 15) is 24.5 Å². The van der Waals surface area contributed by atoms with Crippen LogP contribution in [0.15, 0.2) is 42.5 Å². The van der Waals surface area contributed by atoms with Crippen LogP contribution in [-0.4, -0.2) is 46.7 Å². The van der Waals surface area contributed by atoms with Gasteiger partial charge in [0.2, 0.25) is 11.8 Å². The third-order valence-corrected chi connectivity index (χ3v) is 8.09. The van der Waals surface area contributed by atoms with Gasteiger partial charge in [0.15, 0.2) is 0 Å². The molecule has 4 aliphatic heterocycles. The molecule has 0 aromatic heterocycles. The molecule has 34 heavy (non-hydrogen) atoms. The molecular formula is C25H24N4O5. The lowest BCUT2D eigenvalue weighted by Gasteiger charge is -2.37. The zero-order valence-corrected chi connectivity index (χ0v) is 18.9. The molecule has 0 radical (unpaired) electrons. The highest BCUT2D eigenvalue weighted by Crippen LogP contribution is 2.61. The van der Waals surface area contributed by atoms with E-state index in [1.165, 1.54) is 23.1 Å². The second-order valence-corrected chi connectivity index (χ2v) is 9.48. The third-order valence-electron chi connectivity index (χ3n) is 8.09. The second kappa shape index (κ2) is 6.96. The average molecular weight is 460 g/mol. The number of benzene rings is 2. The molecule has 9 nitrogen and oxygen atoms in total. The Balaban J connectivity index is 1.54. The first kappa shape index (κ1) is 21.0. The molecule has 0 aliphatic carbocycles. The van der Waals surface area contributed by atoms with Crippen LogP contribution < -0.4 is 9.80 Å². The topological polar surface area (TPSA) is 104 Å². The van der Waals surface area contributed by atoms with Gasteiger partial charge in [0.1, 0.15) is 5.54 Å². The lowest BCUT2D eigenvalue weighted by Crippen LogP contribution is -2.56. The number of nitro benzene ring substituents is 1. The van der Waals surface area contributed by atoms with E-state index >= 15 is 0 Å². The number of hydrogen-bond acceptors (Lipinski definition) is 6. The van der Waals surface area contributed by atoms with Gasteiger partial charge in [0.05, 0.1) is 22.4 Å². The van der Waals surface area contributed by atoms with Crippen LogP contribution in [0.3, 0.4) is 0 Å². The molecule has 2 aromatic rings. The van der Waals surface area contributed by atoms with Crippen LogP contribution in [-0.2, 0) is 19.9 Å². The number of hydrogen-bond donors (Lipinski definition) is 0. The highest BCUT2D eigenvalue weighted by Gasteiger charge is 2.75. The quantitative estimate of drug-likeness (QED) is 0.396. The van der Waals surface area contributed by atoms with Crippen molar-refractivity contribution < 1.29 is 19.3 Å². The van der Waals surface area contributed by atoms with Gasteiger partial charge in [-0.1, -0.05) is 18.2 Å². The van der Waals surface area contributed by atoms with Crippen LogP contribution in [0.2, 0.25) is 0 Å². The van der Waals surface area contributed by atoms with Crippen molar-refractivity contribution in [3.63, 3.8) is 0 Å². The molecule has 3 saturated heterocycles. The molecule has 4 heterocycles. The van der Waals surface area contributed by atoms with Gasteiger partial charge in [-0.15, -0.1) is 0 Å². The predicted molar refractivity (Wildman–Crippen MR) is 123 cm³/mol. The molecule has 6 rings (SSSR count). The molecule has 0 N–H and O–H groups in total. The fraction of sp³-hybridized carbons (Fsp3) is 0.400. The Morgan fingerprint density at radius 1 is 1.09 bits per heavy atom. The number of carbonyl (C=O) groups excluding carboxylic acids is 3. The lowest BCUT2D eigenvalue weighted by atomic mass is 9.75. The van der Waals surface area contributed by atoms with Crippen molar-refractivity contribution >= 4 is 34.8 Å². The summed E-state index contributed by atoms with van der Waals surface area (Å²) in [6.07, 6.45) is 1.60. The van der Waals surface area contributed by atoms with E-state index in [4.69, 9.17) is 0 Å². The van der Waals surface area contributed by atoms with E-state index in [1.54, 1.807) is 11.8 Å². The molecule has 2 aromatic carbocycles. The molecule has 3 amide bonds. The SMILES string of the molecule is CCN1C(=O)[C@]2(c3ccccc31)[C@@H]1C(=O)N(c3ccc([N+](=O)[O-])cc3C)C(=O)[C@H]1[C@@H]1CCCN12. The number of likely N-dealkylation sites (N-methyl/N-ethyl adjacent to an activating group) is 1. The molecule has 0 bridgehead atoms. The lowest BCUT2D eigenvalue weighted by molar-refractivity contribution is -0.384. The van der Waals surface area contributed by atoms with Gasteiger partial charge in [-0.3, -0.25) is 29.4 Å². The van der Waals surface area contributed by atoms with E-state index in [0.29, 0.717) is 24.3 Å². The Labute approximate surface area is 196 Å². The summed E-state index contributed by atoms with van der Waals surface area (Å²) >= 11 is 0. The van der Waals surface area contributed by atoms with Gasteiger partial charge >= 0.3 is 0 Å². The molecule has 0 saturated carbocycles. The van der Waals surface area contributed by atoms with Gasteiger partial charge in [-0.25, -0.2) is 4.90 Å². The Morgan fingerprint density at radius 3 is 2.56 bits per heavy atom. The number of rotatable bonds is 3. The van der Waals surface area contributed by atoms with Crippen molar-refractivity contribution in [1.82, 2.24) is 4.90 Å². The van der Waals surface area contributed by atoms with Crippen molar-refractivity contribution in [2.75, 3.05) is 22.9 Å². The minimum absolute atomic E-state index is 0.0996. The zero-order chi connectivity index (χ0) is 23.9. The number of imide groups is 1. The summed E-state index contributed by atoms with van der Waals surface area (Å²) in [4.78, 5) is 57.8. The molecule has 9 heteroatoms. The molecule has 4 atom stereocenters. The van der Waals surface area contributed by atoms with Gasteiger partial charge in [-0.2, -0.15) is 0 Å². The van der Waals surface area contributed by atoms with Crippen LogP contribution in [0, 0.1) is 28.9 Å². The number of aryl methyl sites for hydroxylation is 1. The van der Waals surface area contributed by atoms with E-state index in [2.05, 4.69) is 4.90 Å². The maximum atomic E-state index is 14.1. The van der Waals surface area contributed by atoms with Crippen molar-refractivity contribution in [3.8, 4) is 0 Å². The maximum Gasteiger partial charge on any atom is 0.269 e. The monoisotopic (exact) mass is 460 g/mol. The molecule has 174 valence electrons. The standard InChI is InChI=1S/C25H24N4O5/c1-3-26-18-8-5-4-7-16(18)25(24(26)32)21-20(19-9-6-12-27(19)25)22(30)28(23(21)31)17-11-10-15(29(33)34)13-14(17)2/h4-5,7-8,10-11,13,19-21H,3,6,9,12H2,1-2H3/t19-,20-,21-,25-/m0/s1. The highest BCUT2D eigenvalue weighted by molar-refractivity contribution is 6.26. The predicted octanol–water partition coefficient (Wildman–Crippen LogP) is 2.75. The molecular weight excluding hydrogens is 436 g/mol. The van der Waals surface area contributed by atoms with Crippen molar-refractivity contribution in [2.24, 2.45) is 11.8 Å². The average Bonchev–Trinajstić information content (AvgIpc) is 3.52. The largest absolute Gasteiger partial charge is 0.310 e. The summed E-state index contributed by atoms with van der Waals surface area (Å²) in [6.45, 7) is 4.70. The fourth-order valence-electron chi connectivity index (χ4n) is 6.90. The van der Waals surface area contributed by atoms with E-state index in [-0.39, 0.29) is 23.5 Å². The number of para-hydroxylation sites is 1. The summed E-state index contributed by atoms with van der Waals surface area (Å²) in [6, 6.07) is 11.5. The summed E-state index contributed by atoms with van der Waals surface area (Å²) in [5.74, 6) is -2.31. The summed E-state index contributed by atoms with van der Waals surface area (Å²) in [5.41, 5.74) is 1.12. The van der Waals surface area contributed by atoms with Gasteiger partial charge < -0.3 is 4.90 Å². The second-order valence-electron chi connectivity index (χ2n) is 9.48. The number of non-ortho nitro benzene ring substituents is 1. The number of nitrogens with zero attached hydrogens (tertiary/aromatic N) is 4. The first-order chi connectivity index (χ1) is 16.3. The number of fused-ring (bicyclic) bond motifs is 7. The van der Waals surface area contributed by atoms with Crippen molar-refractivity contribution in [2.45, 2.75) is 38.3 Å². The van der Waals surface area contributed by atoms with E-state index in [0.717, 1.165) is 24.1 Å². The number of nitro groups is 1. The maximum absolute atomic E-state index is 14.1. The highest BCUT2D eigenvalue weighted by atomic mass is 16.6. The van der Waals surface area contributed by atoms with Crippen LogP contribution in [0.5, 0.6) is 0 Å². The van der Waals surface area contributed by atoms with Crippen LogP contribution in [0.4, 0.5) is 17.1 Å². The smallest absolute Gasteiger partial charge is 0.269 e. The van der Waals surface area contributed by atoms with Crippen molar-refractivity contribution in [1.29, 1.82) is 0 Å². The molecule has 1 spiro atoms. The Bertz CT molecular complexity index is 1290. The summed E-state index contributed by atoms with van der Waals surface area (Å²) < 4.78 is 0. The third kappa shape index (κ3) is 2.30. The van der Waals surface area contributed by atoms with Crippen molar-refractivity contribution in [3.05, 3.63) is 63.7 Å². The fourth-order valence-corrected chi connectivity index (χ4v) is 6.90. The Morgan fingerprint density at radius 2 is 1.85 bits per heavy atom. The van der Waals surface area contributed by atoms with Crippen LogP contribution >= 0.6 is 0 Å². The Hall–Kier alpha value is -3.59. The first-order valence-corrected chi connectivity index (χ1v) is 11.6. The number of carbonyl (C=O) groups is 3. The zero-order valence-electron chi connectivity index (χ0n) is 18.9. The van der Waals surface area contributed by atoms with E-state index in [1.807, 2.05) is 31.2 Å². The normalized spacial score (nSPS) is 29.8. The summed E-state index contributed by atoms with van der Waals surface area (Å²) in [7, 11) is 0. The van der Waals surface area contributed by atoms with Crippen LogP contribution in [0.1, 0.15) is 30.9 Å². The molecule has 0 unspecified atom stereocenters. The number of amides is 3. The van der Waals surface area contributed by atoms with Gasteiger partial charge in [0.25, 0.3) is 11.6 Å². The molecule has 4 aliphatic rings. The Kier molecular flexibility index (Phi) is 4.29. The van der Waals surface area contributed by atoms with Crippen LogP contribution in [0.25, 0.3) is 0 Å². The molecule has 3 fully saturated rings. The van der Waals surface area contributed by atoms with Gasteiger partial charge in [0, 0.05) is 36.0 Å². The summed E-state index contributed by atoms with van der Waals surface area (Å²) in [5, 5.41) is 11.2.